The first-order valence-corrected chi connectivity index (χ1v) is 9.86. The SMILES string of the molecule is NCC(=O)N[C@H]1CC[C@H](CC(=O)N[C@H]2Cc3cccc(C(=O)O)c3OB2O)CC1. The third-order valence-electron chi connectivity index (χ3n) is 5.57. The van der Waals surface area contributed by atoms with Crippen molar-refractivity contribution in [2.45, 2.75) is 50.5 Å². The van der Waals surface area contributed by atoms with Gasteiger partial charge in [0.25, 0.3) is 0 Å². The molecule has 1 aliphatic carbocycles. The Bertz CT molecular complexity index is 781. The molecule has 0 radical (unpaired) electrons. The molecule has 1 heterocycles. The summed E-state index contributed by atoms with van der Waals surface area (Å²) < 4.78 is 5.40. The van der Waals surface area contributed by atoms with Crippen molar-refractivity contribution in [1.82, 2.24) is 10.6 Å². The molecule has 6 N–H and O–H groups in total. The number of carboxylic acids is 1. The summed E-state index contributed by atoms with van der Waals surface area (Å²) in [4.78, 5) is 35.1. The number of hydrogen-bond acceptors (Lipinski definition) is 6. The average Bonchev–Trinajstić information content (AvgIpc) is 2.69. The highest BCUT2D eigenvalue weighted by atomic mass is 16.5. The topological polar surface area (TPSA) is 151 Å². The molecule has 0 saturated heterocycles. The molecule has 1 atom stereocenters. The molecule has 1 aromatic carbocycles. The maximum absolute atomic E-state index is 12.5. The molecular formula is C19H26BN3O6. The van der Waals surface area contributed by atoms with Crippen LogP contribution in [0.1, 0.15) is 48.0 Å². The average molecular weight is 403 g/mol. The third kappa shape index (κ3) is 5.27. The summed E-state index contributed by atoms with van der Waals surface area (Å²) in [5.74, 6) is -1.74. The van der Waals surface area contributed by atoms with E-state index in [2.05, 4.69) is 10.6 Å². The van der Waals surface area contributed by atoms with Gasteiger partial charge in [0.2, 0.25) is 11.8 Å². The standard InChI is InChI=1S/C19H26BN3O6/c21-10-17(25)22-13-6-4-11(5-7-13)8-16(24)23-15-9-12-2-1-3-14(19(26)27)18(12)29-20(15)28/h1-3,11,13,15,28H,4-10,21H2,(H,22,25)(H,23,24)(H,26,27)/t11-,13-,15-/m0/s1. The summed E-state index contributed by atoms with van der Waals surface area (Å²) >= 11 is 0. The monoisotopic (exact) mass is 403 g/mol. The lowest BCUT2D eigenvalue weighted by Crippen LogP contribution is -2.53. The summed E-state index contributed by atoms with van der Waals surface area (Å²) in [6.45, 7) is -0.0226. The van der Waals surface area contributed by atoms with Crippen LogP contribution in [-0.2, 0) is 16.0 Å². The van der Waals surface area contributed by atoms with E-state index in [1.165, 1.54) is 6.07 Å². The highest BCUT2D eigenvalue weighted by Gasteiger charge is 2.38. The number of nitrogens with one attached hydrogen (secondary N) is 2. The van der Waals surface area contributed by atoms with E-state index < -0.39 is 19.0 Å². The van der Waals surface area contributed by atoms with Gasteiger partial charge in [0.1, 0.15) is 5.75 Å². The second-order valence-electron chi connectivity index (χ2n) is 7.68. The first kappa shape index (κ1) is 21.1. The minimum atomic E-state index is -1.31. The fourth-order valence-corrected chi connectivity index (χ4v) is 4.04. The molecule has 29 heavy (non-hydrogen) atoms. The van der Waals surface area contributed by atoms with Gasteiger partial charge in [-0.15, -0.1) is 0 Å². The summed E-state index contributed by atoms with van der Waals surface area (Å²) in [6.07, 6.45) is 3.91. The molecule has 3 rings (SSSR count). The number of benzene rings is 1. The molecule has 156 valence electrons. The predicted octanol–water partition coefficient (Wildman–Crippen LogP) is -0.152. The van der Waals surface area contributed by atoms with Crippen LogP contribution >= 0.6 is 0 Å². The molecule has 2 aliphatic rings. The first-order valence-electron chi connectivity index (χ1n) is 9.86. The Morgan fingerprint density at radius 2 is 1.86 bits per heavy atom. The van der Waals surface area contributed by atoms with Crippen molar-refractivity contribution >= 4 is 24.9 Å². The first-order chi connectivity index (χ1) is 13.9. The Morgan fingerprint density at radius 3 is 2.52 bits per heavy atom. The van der Waals surface area contributed by atoms with Crippen molar-refractivity contribution in [3.05, 3.63) is 29.3 Å². The van der Waals surface area contributed by atoms with Crippen LogP contribution in [0.15, 0.2) is 18.2 Å². The van der Waals surface area contributed by atoms with Crippen molar-refractivity contribution in [3.8, 4) is 5.75 Å². The minimum absolute atomic E-state index is 0.00943. The molecule has 0 unspecified atom stereocenters. The van der Waals surface area contributed by atoms with Crippen LogP contribution in [0.2, 0.25) is 0 Å². The summed E-state index contributed by atoms with van der Waals surface area (Å²) in [6, 6.07) is 4.87. The lowest BCUT2D eigenvalue weighted by molar-refractivity contribution is -0.123. The zero-order valence-corrected chi connectivity index (χ0v) is 16.1. The van der Waals surface area contributed by atoms with Gasteiger partial charge in [-0.05, 0) is 49.7 Å². The predicted molar refractivity (Wildman–Crippen MR) is 105 cm³/mol. The van der Waals surface area contributed by atoms with Gasteiger partial charge in [0, 0.05) is 12.5 Å². The highest BCUT2D eigenvalue weighted by molar-refractivity contribution is 6.47. The molecule has 0 aromatic heterocycles. The fraction of sp³-hybridized carbons (Fsp3) is 0.526. The molecule has 0 spiro atoms. The van der Waals surface area contributed by atoms with Crippen LogP contribution < -0.4 is 21.0 Å². The largest absolute Gasteiger partial charge is 0.547 e. The van der Waals surface area contributed by atoms with Crippen LogP contribution in [0, 0.1) is 5.92 Å². The van der Waals surface area contributed by atoms with Crippen LogP contribution in [0.4, 0.5) is 0 Å². The number of hydrogen-bond donors (Lipinski definition) is 5. The lowest BCUT2D eigenvalue weighted by atomic mass is 9.72. The van der Waals surface area contributed by atoms with Gasteiger partial charge in [-0.25, -0.2) is 4.79 Å². The second-order valence-corrected chi connectivity index (χ2v) is 7.68. The smallest absolute Gasteiger partial charge is 0.534 e. The maximum Gasteiger partial charge on any atom is 0.547 e. The quantitative estimate of drug-likeness (QED) is 0.414. The second kappa shape index (κ2) is 9.28. The lowest BCUT2D eigenvalue weighted by Gasteiger charge is -2.31. The number of para-hydroxylation sites is 1. The Balaban J connectivity index is 1.51. The number of carboxylic acid groups (broad SMARTS) is 1. The molecule has 1 saturated carbocycles. The number of carbonyl (C=O) groups excluding carboxylic acids is 2. The molecule has 9 nitrogen and oxygen atoms in total. The Hall–Kier alpha value is -2.59. The molecule has 1 aromatic rings. The zero-order chi connectivity index (χ0) is 21.0. The van der Waals surface area contributed by atoms with Crippen molar-refractivity contribution < 1.29 is 29.2 Å². The van der Waals surface area contributed by atoms with Crippen molar-refractivity contribution in [1.29, 1.82) is 0 Å². The number of fused-ring (bicyclic) bond motifs is 1. The molecule has 1 fully saturated rings. The number of carbonyl (C=O) groups is 3. The van der Waals surface area contributed by atoms with Gasteiger partial charge in [-0.1, -0.05) is 12.1 Å². The van der Waals surface area contributed by atoms with Crippen molar-refractivity contribution in [3.63, 3.8) is 0 Å². The molecule has 1 aliphatic heterocycles. The van der Waals surface area contributed by atoms with Crippen LogP contribution in [0.5, 0.6) is 5.75 Å². The van der Waals surface area contributed by atoms with E-state index in [1.807, 2.05) is 0 Å². The Morgan fingerprint density at radius 1 is 1.14 bits per heavy atom. The van der Waals surface area contributed by atoms with E-state index in [9.17, 15) is 24.5 Å². The number of nitrogens with two attached hydrogens (primary N) is 1. The minimum Gasteiger partial charge on any atom is -0.534 e. The van der Waals surface area contributed by atoms with E-state index in [-0.39, 0.29) is 41.6 Å². The summed E-state index contributed by atoms with van der Waals surface area (Å²) in [5, 5.41) is 25.2. The zero-order valence-electron chi connectivity index (χ0n) is 16.1. The van der Waals surface area contributed by atoms with E-state index in [4.69, 9.17) is 10.4 Å². The number of amides is 2. The molecule has 2 amide bonds. The number of aromatic carboxylic acids is 1. The van der Waals surface area contributed by atoms with Gasteiger partial charge < -0.3 is 31.2 Å². The summed E-state index contributed by atoms with van der Waals surface area (Å²) in [5.41, 5.74) is 5.94. The normalized spacial score (nSPS) is 23.5. The molecular weight excluding hydrogens is 377 g/mol. The van der Waals surface area contributed by atoms with Gasteiger partial charge in [0.15, 0.2) is 0 Å². The van der Waals surface area contributed by atoms with Crippen molar-refractivity contribution in [2.24, 2.45) is 11.7 Å². The van der Waals surface area contributed by atoms with E-state index in [1.54, 1.807) is 12.1 Å². The Labute approximate surface area is 169 Å². The fourth-order valence-electron chi connectivity index (χ4n) is 4.04. The number of rotatable bonds is 6. The highest BCUT2D eigenvalue weighted by Crippen LogP contribution is 2.31. The van der Waals surface area contributed by atoms with E-state index in [0.717, 1.165) is 25.7 Å². The third-order valence-corrected chi connectivity index (χ3v) is 5.57. The maximum atomic E-state index is 12.5. The van der Waals surface area contributed by atoms with Crippen LogP contribution in [-0.4, -0.2) is 53.6 Å². The molecule has 0 bridgehead atoms. The van der Waals surface area contributed by atoms with Crippen LogP contribution in [0.3, 0.4) is 0 Å². The molecule has 10 heteroatoms. The van der Waals surface area contributed by atoms with Gasteiger partial charge in [0.05, 0.1) is 18.0 Å². The Kier molecular flexibility index (Phi) is 6.76. The van der Waals surface area contributed by atoms with Crippen LogP contribution in [0.25, 0.3) is 0 Å². The van der Waals surface area contributed by atoms with E-state index >= 15 is 0 Å². The van der Waals surface area contributed by atoms with Crippen molar-refractivity contribution in [2.75, 3.05) is 6.54 Å². The van der Waals surface area contributed by atoms with E-state index in [0.29, 0.717) is 18.4 Å². The van der Waals surface area contributed by atoms with Gasteiger partial charge in [-0.3, -0.25) is 9.59 Å². The van der Waals surface area contributed by atoms with Gasteiger partial charge in [-0.2, -0.15) is 0 Å². The van der Waals surface area contributed by atoms with Gasteiger partial charge >= 0.3 is 13.1 Å². The summed E-state index contributed by atoms with van der Waals surface area (Å²) in [7, 11) is -1.31.